The van der Waals surface area contributed by atoms with E-state index in [0.29, 0.717) is 5.92 Å². The summed E-state index contributed by atoms with van der Waals surface area (Å²) in [6, 6.07) is 4.17. The molecule has 150 valence electrons. The lowest BCUT2D eigenvalue weighted by molar-refractivity contribution is 0.281. The van der Waals surface area contributed by atoms with Crippen molar-refractivity contribution in [2.45, 2.75) is 37.6 Å². The maximum atomic E-state index is 14.0. The van der Waals surface area contributed by atoms with Gasteiger partial charge in [-0.1, -0.05) is 6.07 Å². The molecule has 3 atom stereocenters. The fourth-order valence-electron chi connectivity index (χ4n) is 4.51. The normalized spacial score (nSPS) is 28.3. The van der Waals surface area contributed by atoms with Crippen molar-refractivity contribution >= 4 is 29.9 Å². The zero-order chi connectivity index (χ0) is 18.1. The smallest absolute Gasteiger partial charge is 0.193 e. The second-order valence-corrected chi connectivity index (χ2v) is 7.88. The van der Waals surface area contributed by atoms with Crippen LogP contribution in [0.4, 0.5) is 8.78 Å². The number of benzene rings is 1. The van der Waals surface area contributed by atoms with Crippen molar-refractivity contribution in [1.82, 2.24) is 15.1 Å². The van der Waals surface area contributed by atoms with Crippen LogP contribution >= 0.6 is 24.0 Å². The minimum absolute atomic E-state index is 0. The molecule has 27 heavy (non-hydrogen) atoms. The van der Waals surface area contributed by atoms with Gasteiger partial charge in [0.25, 0.3) is 0 Å². The minimum Gasteiger partial charge on any atom is -0.353 e. The van der Waals surface area contributed by atoms with Crippen LogP contribution in [0.5, 0.6) is 0 Å². The van der Waals surface area contributed by atoms with Crippen LogP contribution < -0.4 is 5.32 Å². The number of nitrogens with one attached hydrogen (secondary N) is 1. The van der Waals surface area contributed by atoms with Crippen LogP contribution in [0.3, 0.4) is 0 Å². The van der Waals surface area contributed by atoms with Crippen molar-refractivity contribution in [3.63, 3.8) is 0 Å². The van der Waals surface area contributed by atoms with Gasteiger partial charge in [0.15, 0.2) is 5.96 Å². The Hall–Kier alpha value is -0.960. The molecule has 1 saturated carbocycles. The lowest BCUT2D eigenvalue weighted by Gasteiger charge is -2.23. The average Bonchev–Trinajstić information content (AvgIpc) is 3.01. The van der Waals surface area contributed by atoms with Crippen molar-refractivity contribution in [2.24, 2.45) is 10.9 Å². The predicted molar refractivity (Wildman–Crippen MR) is 115 cm³/mol. The number of rotatable bonds is 4. The first-order valence-corrected chi connectivity index (χ1v) is 9.80. The SMILES string of the molecule is CN=C(NC1CC1c1c(F)cccc1F)N1CCC(CN2CCCC2)C1.I. The molecule has 3 aliphatic rings. The van der Waals surface area contributed by atoms with E-state index < -0.39 is 11.6 Å². The fourth-order valence-corrected chi connectivity index (χ4v) is 4.51. The maximum absolute atomic E-state index is 14.0. The Morgan fingerprint density at radius 2 is 1.89 bits per heavy atom. The van der Waals surface area contributed by atoms with Gasteiger partial charge in [0.1, 0.15) is 11.6 Å². The zero-order valence-corrected chi connectivity index (χ0v) is 18.2. The lowest BCUT2D eigenvalue weighted by atomic mass is 10.1. The molecule has 0 spiro atoms. The first kappa shape index (κ1) is 20.8. The van der Waals surface area contributed by atoms with Crippen molar-refractivity contribution in [2.75, 3.05) is 39.8 Å². The number of hydrogen-bond acceptors (Lipinski definition) is 2. The molecule has 4 nitrogen and oxygen atoms in total. The Morgan fingerprint density at radius 1 is 1.19 bits per heavy atom. The molecular formula is C20H29F2IN4. The molecule has 7 heteroatoms. The van der Waals surface area contributed by atoms with E-state index in [-0.39, 0.29) is 41.5 Å². The van der Waals surface area contributed by atoms with Crippen LogP contribution in [0.25, 0.3) is 0 Å². The molecule has 2 heterocycles. The van der Waals surface area contributed by atoms with Crippen molar-refractivity contribution < 1.29 is 8.78 Å². The van der Waals surface area contributed by atoms with E-state index in [1.807, 2.05) is 0 Å². The Kier molecular flexibility index (Phi) is 6.94. The van der Waals surface area contributed by atoms with Crippen LogP contribution in [0.2, 0.25) is 0 Å². The van der Waals surface area contributed by atoms with Gasteiger partial charge in [0.05, 0.1) is 0 Å². The highest BCUT2D eigenvalue weighted by Gasteiger charge is 2.43. The molecule has 1 aromatic rings. The summed E-state index contributed by atoms with van der Waals surface area (Å²) >= 11 is 0. The maximum Gasteiger partial charge on any atom is 0.193 e. The average molecular weight is 490 g/mol. The van der Waals surface area contributed by atoms with Crippen molar-refractivity contribution in [3.8, 4) is 0 Å². The Labute approximate surface area is 177 Å². The standard InChI is InChI=1S/C20H28F2N4.HI/c1-23-20(26-10-7-14(13-26)12-25-8-2-3-9-25)24-18-11-15(18)19-16(21)5-4-6-17(19)22;/h4-6,14-15,18H,2-3,7-13H2,1H3,(H,23,24);1H. The highest BCUT2D eigenvalue weighted by atomic mass is 127. The summed E-state index contributed by atoms with van der Waals surface area (Å²) in [5.74, 6) is 0.571. The molecule has 1 aliphatic carbocycles. The summed E-state index contributed by atoms with van der Waals surface area (Å²) < 4.78 is 27.9. The summed E-state index contributed by atoms with van der Waals surface area (Å²) in [5, 5.41) is 3.43. The lowest BCUT2D eigenvalue weighted by Crippen LogP contribution is -2.42. The third kappa shape index (κ3) is 4.72. The van der Waals surface area contributed by atoms with E-state index in [9.17, 15) is 8.78 Å². The van der Waals surface area contributed by atoms with Gasteiger partial charge < -0.3 is 15.1 Å². The van der Waals surface area contributed by atoms with E-state index in [4.69, 9.17) is 0 Å². The van der Waals surface area contributed by atoms with Crippen LogP contribution in [0.15, 0.2) is 23.2 Å². The monoisotopic (exact) mass is 490 g/mol. The van der Waals surface area contributed by atoms with Gasteiger partial charge in [0, 0.05) is 44.2 Å². The Bertz CT molecular complexity index is 658. The van der Waals surface area contributed by atoms with Gasteiger partial charge in [0.2, 0.25) is 0 Å². The van der Waals surface area contributed by atoms with Gasteiger partial charge >= 0.3 is 0 Å². The highest BCUT2D eigenvalue weighted by Crippen LogP contribution is 2.43. The summed E-state index contributed by atoms with van der Waals surface area (Å²) in [7, 11) is 1.79. The molecule has 3 unspecified atom stereocenters. The first-order valence-electron chi connectivity index (χ1n) is 9.80. The first-order chi connectivity index (χ1) is 12.7. The largest absolute Gasteiger partial charge is 0.353 e. The summed E-state index contributed by atoms with van der Waals surface area (Å²) in [5.41, 5.74) is 0.216. The molecule has 1 aromatic carbocycles. The summed E-state index contributed by atoms with van der Waals surface area (Å²) in [4.78, 5) is 9.29. The molecule has 0 amide bonds. The third-order valence-corrected chi connectivity index (χ3v) is 5.99. The molecule has 0 bridgehead atoms. The number of aliphatic imine (C=N–C) groups is 1. The molecule has 0 aromatic heterocycles. The number of guanidine groups is 1. The molecular weight excluding hydrogens is 461 g/mol. The van der Waals surface area contributed by atoms with Gasteiger partial charge in [-0.3, -0.25) is 4.99 Å². The Balaban J connectivity index is 0.00000210. The fraction of sp³-hybridized carbons (Fsp3) is 0.650. The number of hydrogen-bond donors (Lipinski definition) is 1. The third-order valence-electron chi connectivity index (χ3n) is 5.99. The minimum atomic E-state index is -0.443. The second kappa shape index (κ2) is 9.03. The topological polar surface area (TPSA) is 30.9 Å². The molecule has 2 saturated heterocycles. The molecule has 3 fully saturated rings. The Morgan fingerprint density at radius 3 is 2.56 bits per heavy atom. The number of nitrogens with zero attached hydrogens (tertiary/aromatic N) is 3. The van der Waals surface area contributed by atoms with E-state index >= 15 is 0 Å². The van der Waals surface area contributed by atoms with E-state index in [2.05, 4.69) is 20.1 Å². The number of halogens is 3. The molecule has 0 radical (unpaired) electrons. The van der Waals surface area contributed by atoms with Crippen molar-refractivity contribution in [1.29, 1.82) is 0 Å². The quantitative estimate of drug-likeness (QED) is 0.399. The number of likely N-dealkylation sites (tertiary alicyclic amines) is 2. The second-order valence-electron chi connectivity index (χ2n) is 7.88. The van der Waals surface area contributed by atoms with Crippen LogP contribution in [0, 0.1) is 17.6 Å². The summed E-state index contributed by atoms with van der Waals surface area (Å²) in [6.45, 7) is 5.67. The van der Waals surface area contributed by atoms with Crippen LogP contribution in [-0.2, 0) is 0 Å². The molecule has 2 aliphatic heterocycles. The zero-order valence-electron chi connectivity index (χ0n) is 15.8. The van der Waals surface area contributed by atoms with Crippen LogP contribution in [0.1, 0.15) is 37.2 Å². The van der Waals surface area contributed by atoms with E-state index in [1.165, 1.54) is 57.1 Å². The van der Waals surface area contributed by atoms with Gasteiger partial charge in [-0.2, -0.15) is 0 Å². The molecule has 4 rings (SSSR count). The van der Waals surface area contributed by atoms with Crippen LogP contribution in [-0.4, -0.2) is 61.6 Å². The van der Waals surface area contributed by atoms with Gasteiger partial charge in [-0.25, -0.2) is 8.78 Å². The predicted octanol–water partition coefficient (Wildman–Crippen LogP) is 3.43. The van der Waals surface area contributed by atoms with Gasteiger partial charge in [-0.05, 0) is 56.8 Å². The summed E-state index contributed by atoms with van der Waals surface area (Å²) in [6.07, 6.45) is 4.60. The van der Waals surface area contributed by atoms with Crippen molar-refractivity contribution in [3.05, 3.63) is 35.4 Å². The highest BCUT2D eigenvalue weighted by molar-refractivity contribution is 14.0. The van der Waals surface area contributed by atoms with Gasteiger partial charge in [-0.15, -0.1) is 24.0 Å². The molecule has 1 N–H and O–H groups in total. The van der Waals surface area contributed by atoms with E-state index in [0.717, 1.165) is 25.5 Å². The van der Waals surface area contributed by atoms with E-state index in [1.54, 1.807) is 7.05 Å².